The number of aryl methyl sites for hydroxylation is 1. The van der Waals surface area contributed by atoms with Gasteiger partial charge in [0.25, 0.3) is 0 Å². The lowest BCUT2D eigenvalue weighted by molar-refractivity contribution is -0.120. The van der Waals surface area contributed by atoms with Gasteiger partial charge in [0.05, 0.1) is 28.9 Å². The molecule has 1 aromatic carbocycles. The number of benzene rings is 1. The summed E-state index contributed by atoms with van der Waals surface area (Å²) in [5.41, 5.74) is 2.97. The minimum atomic E-state index is -3.85. The highest BCUT2D eigenvalue weighted by Crippen LogP contribution is 2.41. The lowest BCUT2D eigenvalue weighted by atomic mass is 9.81. The third-order valence-corrected chi connectivity index (χ3v) is 9.16. The van der Waals surface area contributed by atoms with Gasteiger partial charge in [-0.15, -0.1) is 0 Å². The van der Waals surface area contributed by atoms with Crippen molar-refractivity contribution in [2.45, 2.75) is 76.6 Å². The van der Waals surface area contributed by atoms with E-state index in [0.29, 0.717) is 36.0 Å². The van der Waals surface area contributed by atoms with Crippen LogP contribution in [0.5, 0.6) is 5.75 Å². The van der Waals surface area contributed by atoms with E-state index in [9.17, 15) is 13.2 Å². The largest absolute Gasteiger partial charge is 0.488 e. The Labute approximate surface area is 234 Å². The van der Waals surface area contributed by atoms with E-state index in [4.69, 9.17) is 21.7 Å². The molecule has 2 aliphatic carbocycles. The monoisotopic (exact) mass is 574 g/mol. The highest BCUT2D eigenvalue weighted by Gasteiger charge is 2.29. The molecule has 4 rings (SSSR count). The summed E-state index contributed by atoms with van der Waals surface area (Å²) in [6.45, 7) is 5.08. The van der Waals surface area contributed by atoms with Crippen molar-refractivity contribution in [3.8, 4) is 5.75 Å². The fourth-order valence-electron chi connectivity index (χ4n) is 4.41. The molecule has 0 amide bonds. The molecule has 210 valence electrons. The summed E-state index contributed by atoms with van der Waals surface area (Å²) in [5.74, 6) is 1.70. The maximum Gasteiger partial charge on any atom is 0.229 e. The number of aromatic nitrogens is 2. The molecule has 0 saturated heterocycles. The molecule has 10 nitrogen and oxygen atoms in total. The summed E-state index contributed by atoms with van der Waals surface area (Å²) in [5, 5.41) is 15.9. The standard InChI is InChI=1S/C27H35ClN6O4S/c1-15(2)39(36,37)25(29)23(14-30-4)32-26-21(28)13-31-27(34-26)33-22-11-16(3)20(12-24(22)38-19-9-10-19)17-5-7-18(35)8-6-17/h11-15,17,19,29-30H,5-10H2,1-4H3,(H2,31,32,33,34)/b23-14+,29-25?. The smallest absolute Gasteiger partial charge is 0.229 e. The van der Waals surface area contributed by atoms with Crippen molar-refractivity contribution in [2.75, 3.05) is 17.7 Å². The van der Waals surface area contributed by atoms with Crippen molar-refractivity contribution in [1.29, 1.82) is 5.41 Å². The zero-order chi connectivity index (χ0) is 28.3. The molecular formula is C27H35ClN6O4S. The van der Waals surface area contributed by atoms with Crippen LogP contribution < -0.4 is 20.7 Å². The number of nitrogens with one attached hydrogen (secondary N) is 4. The van der Waals surface area contributed by atoms with Gasteiger partial charge < -0.3 is 20.7 Å². The van der Waals surface area contributed by atoms with Gasteiger partial charge in [0.1, 0.15) is 16.6 Å². The topological polar surface area (TPSA) is 146 Å². The van der Waals surface area contributed by atoms with Crippen molar-refractivity contribution >= 4 is 49.7 Å². The molecule has 0 unspecified atom stereocenters. The van der Waals surface area contributed by atoms with E-state index < -0.39 is 20.1 Å². The molecule has 0 radical (unpaired) electrons. The quantitative estimate of drug-likeness (QED) is 0.221. The molecule has 12 heteroatoms. The van der Waals surface area contributed by atoms with E-state index in [1.165, 1.54) is 31.8 Å². The first-order valence-corrected chi connectivity index (χ1v) is 15.0. The number of Topliss-reactive ketones (excluding diaryl/α,β-unsaturated/α-hetero) is 1. The predicted molar refractivity (Wildman–Crippen MR) is 154 cm³/mol. The van der Waals surface area contributed by atoms with Crippen LogP contribution in [0.4, 0.5) is 17.5 Å². The summed E-state index contributed by atoms with van der Waals surface area (Å²) in [6.07, 6.45) is 7.84. The summed E-state index contributed by atoms with van der Waals surface area (Å²) < 4.78 is 31.5. The molecule has 39 heavy (non-hydrogen) atoms. The molecule has 2 fully saturated rings. The number of ether oxygens (including phenoxy) is 1. The van der Waals surface area contributed by atoms with Crippen LogP contribution in [-0.4, -0.2) is 47.6 Å². The summed E-state index contributed by atoms with van der Waals surface area (Å²) in [6, 6.07) is 4.07. The molecule has 0 atom stereocenters. The van der Waals surface area contributed by atoms with E-state index in [1.807, 2.05) is 13.0 Å². The van der Waals surface area contributed by atoms with E-state index in [2.05, 4.69) is 32.0 Å². The third kappa shape index (κ3) is 6.88. The molecule has 1 heterocycles. The Morgan fingerprint density at radius 1 is 1.21 bits per heavy atom. The van der Waals surface area contributed by atoms with Crippen molar-refractivity contribution in [1.82, 2.24) is 15.3 Å². The van der Waals surface area contributed by atoms with Crippen LogP contribution >= 0.6 is 11.6 Å². The van der Waals surface area contributed by atoms with E-state index in [-0.39, 0.29) is 28.6 Å². The second kappa shape index (κ2) is 11.9. The number of anilines is 3. The summed E-state index contributed by atoms with van der Waals surface area (Å²) in [4.78, 5) is 20.5. The van der Waals surface area contributed by atoms with Crippen LogP contribution in [0.25, 0.3) is 0 Å². The number of ketones is 1. The number of rotatable bonds is 10. The first-order valence-electron chi connectivity index (χ1n) is 13.1. The molecular weight excluding hydrogens is 540 g/mol. The fraction of sp³-hybridized carbons (Fsp3) is 0.481. The van der Waals surface area contributed by atoms with Crippen molar-refractivity contribution in [2.24, 2.45) is 0 Å². The Bertz CT molecular complexity index is 1400. The number of nitrogens with zero attached hydrogens (tertiary/aromatic N) is 2. The maximum absolute atomic E-state index is 12.6. The van der Waals surface area contributed by atoms with Gasteiger partial charge in [0.15, 0.2) is 20.7 Å². The Morgan fingerprint density at radius 2 is 1.90 bits per heavy atom. The number of hydrogen-bond acceptors (Lipinski definition) is 10. The van der Waals surface area contributed by atoms with Gasteiger partial charge in [0.2, 0.25) is 5.95 Å². The molecule has 4 N–H and O–H groups in total. The van der Waals surface area contributed by atoms with Crippen LogP contribution in [0.1, 0.15) is 69.4 Å². The van der Waals surface area contributed by atoms with Gasteiger partial charge in [-0.05, 0) is 75.6 Å². The van der Waals surface area contributed by atoms with Crippen LogP contribution in [0.15, 0.2) is 30.2 Å². The lowest BCUT2D eigenvalue weighted by Crippen LogP contribution is -2.28. The Balaban J connectivity index is 1.62. The van der Waals surface area contributed by atoms with Gasteiger partial charge in [-0.3, -0.25) is 10.2 Å². The number of sulfone groups is 1. The molecule has 2 saturated carbocycles. The summed E-state index contributed by atoms with van der Waals surface area (Å²) >= 11 is 6.34. The van der Waals surface area contributed by atoms with Gasteiger partial charge in [-0.1, -0.05) is 11.6 Å². The van der Waals surface area contributed by atoms with Crippen molar-refractivity contribution in [3.63, 3.8) is 0 Å². The Morgan fingerprint density at radius 3 is 2.51 bits per heavy atom. The van der Waals surface area contributed by atoms with E-state index >= 15 is 0 Å². The molecule has 2 aliphatic rings. The zero-order valence-electron chi connectivity index (χ0n) is 22.6. The van der Waals surface area contributed by atoms with E-state index in [0.717, 1.165) is 31.2 Å². The second-order valence-electron chi connectivity index (χ2n) is 10.2. The number of halogens is 1. The summed E-state index contributed by atoms with van der Waals surface area (Å²) in [7, 11) is -2.25. The van der Waals surface area contributed by atoms with Gasteiger partial charge in [-0.25, -0.2) is 13.4 Å². The molecule has 0 spiro atoms. The lowest BCUT2D eigenvalue weighted by Gasteiger charge is -2.25. The number of carbonyl (C=O) groups excluding carboxylic acids is 1. The van der Waals surface area contributed by atoms with Crippen molar-refractivity contribution < 1.29 is 17.9 Å². The maximum atomic E-state index is 12.6. The van der Waals surface area contributed by atoms with Gasteiger partial charge in [-0.2, -0.15) is 4.98 Å². The number of carbonyl (C=O) groups is 1. The van der Waals surface area contributed by atoms with Crippen molar-refractivity contribution in [3.05, 3.63) is 46.4 Å². The first kappa shape index (κ1) is 28.8. The molecule has 0 aliphatic heterocycles. The van der Waals surface area contributed by atoms with Crippen LogP contribution in [0.3, 0.4) is 0 Å². The third-order valence-electron chi connectivity index (χ3n) is 6.85. The van der Waals surface area contributed by atoms with Gasteiger partial charge >= 0.3 is 0 Å². The average molecular weight is 575 g/mol. The van der Waals surface area contributed by atoms with Crippen LogP contribution in [-0.2, 0) is 14.6 Å². The van der Waals surface area contributed by atoms with E-state index in [1.54, 1.807) is 7.05 Å². The zero-order valence-corrected chi connectivity index (χ0v) is 24.2. The highest BCUT2D eigenvalue weighted by atomic mass is 35.5. The average Bonchev–Trinajstić information content (AvgIpc) is 3.71. The fourth-order valence-corrected chi connectivity index (χ4v) is 5.44. The normalized spacial score (nSPS) is 16.8. The Hall–Kier alpha value is -3.18. The SMILES string of the molecule is CN/C=C(/Nc1nc(Nc2cc(C)c(C3CCC(=O)CC3)cc2OC2CC2)ncc1Cl)C(=N)S(=O)(=O)C(C)C. The molecule has 2 aromatic rings. The number of hydrogen-bond donors (Lipinski definition) is 4. The molecule has 1 aromatic heterocycles. The van der Waals surface area contributed by atoms with Gasteiger partial charge in [0, 0.05) is 26.1 Å². The van der Waals surface area contributed by atoms with Crippen LogP contribution in [0, 0.1) is 12.3 Å². The molecule has 0 bridgehead atoms. The van der Waals surface area contributed by atoms with Crippen LogP contribution in [0.2, 0.25) is 5.02 Å². The minimum Gasteiger partial charge on any atom is -0.488 e. The first-order chi connectivity index (χ1) is 18.5. The second-order valence-corrected chi connectivity index (χ2v) is 13.1. The predicted octanol–water partition coefficient (Wildman–Crippen LogP) is 5.22. The minimum absolute atomic E-state index is 0.00154. The highest BCUT2D eigenvalue weighted by molar-refractivity contribution is 8.07. The Kier molecular flexibility index (Phi) is 8.80.